The molecule has 2 heterocycles. The number of rotatable bonds is 3. The molecule has 1 N–H and O–H groups in total. The van der Waals surface area contributed by atoms with Crippen molar-refractivity contribution >= 4 is 5.91 Å². The monoisotopic (exact) mass is 247 g/mol. The van der Waals surface area contributed by atoms with Crippen LogP contribution in [-0.4, -0.2) is 41.2 Å². The molecule has 0 aromatic heterocycles. The Bertz CT molecular complexity index is 434. The highest BCUT2D eigenvalue weighted by Crippen LogP contribution is 2.35. The first-order chi connectivity index (χ1) is 8.81. The minimum atomic E-state index is -0.525. The average molecular weight is 247 g/mol. The first-order valence-electron chi connectivity index (χ1n) is 6.44. The smallest absolute Gasteiger partial charge is 0.264 e. The van der Waals surface area contributed by atoms with E-state index >= 15 is 0 Å². The minimum Gasteiger partial charge on any atom is -0.480 e. The van der Waals surface area contributed by atoms with Crippen LogP contribution in [0.3, 0.4) is 0 Å². The molecule has 1 amide bonds. The lowest BCUT2D eigenvalue weighted by atomic mass is 9.97. The van der Waals surface area contributed by atoms with E-state index in [2.05, 4.69) is 0 Å². The normalized spacial score (nSPS) is 30.6. The Labute approximate surface area is 106 Å². The van der Waals surface area contributed by atoms with Crippen molar-refractivity contribution in [3.05, 3.63) is 30.3 Å². The van der Waals surface area contributed by atoms with Crippen molar-refractivity contribution in [2.45, 2.75) is 25.0 Å². The van der Waals surface area contributed by atoms with Gasteiger partial charge in [-0.1, -0.05) is 18.2 Å². The number of carbonyl (C=O) groups excluding carboxylic acids is 1. The van der Waals surface area contributed by atoms with Crippen LogP contribution in [0.2, 0.25) is 0 Å². The SMILES string of the molecule is O=C1[C@H](Oc2ccccc2)[C@H](CO)[C@@H]2CCCN12. The highest BCUT2D eigenvalue weighted by molar-refractivity contribution is 5.85. The molecule has 4 heteroatoms. The van der Waals surface area contributed by atoms with Crippen molar-refractivity contribution < 1.29 is 14.6 Å². The van der Waals surface area contributed by atoms with E-state index in [1.807, 2.05) is 35.2 Å². The van der Waals surface area contributed by atoms with Crippen LogP contribution in [-0.2, 0) is 4.79 Å². The molecule has 1 aromatic carbocycles. The zero-order chi connectivity index (χ0) is 12.5. The van der Waals surface area contributed by atoms with Gasteiger partial charge in [0, 0.05) is 18.5 Å². The standard InChI is InChI=1S/C14H17NO3/c16-9-11-12-7-4-8-15(12)14(17)13(11)18-10-5-2-1-3-6-10/h1-3,5-6,11-13,16H,4,7-9H2/t11-,12+,13-/m1/s1. The summed E-state index contributed by atoms with van der Waals surface area (Å²) in [4.78, 5) is 14.1. The first-order valence-corrected chi connectivity index (χ1v) is 6.44. The van der Waals surface area contributed by atoms with Crippen molar-refractivity contribution in [1.82, 2.24) is 4.90 Å². The van der Waals surface area contributed by atoms with Crippen LogP contribution < -0.4 is 4.74 Å². The fourth-order valence-corrected chi connectivity index (χ4v) is 3.06. The van der Waals surface area contributed by atoms with Gasteiger partial charge >= 0.3 is 0 Å². The molecule has 0 bridgehead atoms. The van der Waals surface area contributed by atoms with E-state index < -0.39 is 6.10 Å². The molecule has 2 saturated heterocycles. The van der Waals surface area contributed by atoms with Crippen molar-refractivity contribution in [3.8, 4) is 5.75 Å². The lowest BCUT2D eigenvalue weighted by molar-refractivity contribution is -0.134. The van der Waals surface area contributed by atoms with Gasteiger partial charge in [0.2, 0.25) is 0 Å². The van der Waals surface area contributed by atoms with Gasteiger partial charge in [-0.15, -0.1) is 0 Å². The summed E-state index contributed by atoms with van der Waals surface area (Å²) in [6.07, 6.45) is 1.49. The summed E-state index contributed by atoms with van der Waals surface area (Å²) in [6, 6.07) is 9.51. The Hall–Kier alpha value is -1.55. The Morgan fingerprint density at radius 3 is 2.83 bits per heavy atom. The van der Waals surface area contributed by atoms with Crippen LogP contribution in [0.4, 0.5) is 0 Å². The summed E-state index contributed by atoms with van der Waals surface area (Å²) in [5.41, 5.74) is 0. The zero-order valence-electron chi connectivity index (χ0n) is 10.2. The predicted molar refractivity (Wildman–Crippen MR) is 66.2 cm³/mol. The van der Waals surface area contributed by atoms with Crippen LogP contribution in [0.1, 0.15) is 12.8 Å². The fourth-order valence-electron chi connectivity index (χ4n) is 3.06. The third kappa shape index (κ3) is 1.77. The summed E-state index contributed by atoms with van der Waals surface area (Å²) in [5, 5.41) is 9.52. The molecular weight excluding hydrogens is 230 g/mol. The van der Waals surface area contributed by atoms with Gasteiger partial charge < -0.3 is 14.7 Å². The summed E-state index contributed by atoms with van der Waals surface area (Å²) in [7, 11) is 0. The number of carbonyl (C=O) groups is 1. The van der Waals surface area contributed by atoms with Crippen molar-refractivity contribution in [3.63, 3.8) is 0 Å². The van der Waals surface area contributed by atoms with E-state index in [1.165, 1.54) is 0 Å². The van der Waals surface area contributed by atoms with Crippen LogP contribution in [0.15, 0.2) is 30.3 Å². The van der Waals surface area contributed by atoms with Gasteiger partial charge in [-0.05, 0) is 25.0 Å². The van der Waals surface area contributed by atoms with E-state index in [1.54, 1.807) is 0 Å². The number of para-hydroxylation sites is 1. The molecule has 0 saturated carbocycles. The van der Waals surface area contributed by atoms with Gasteiger partial charge in [0.05, 0.1) is 6.61 Å². The first kappa shape index (κ1) is 11.5. The molecule has 0 unspecified atom stereocenters. The van der Waals surface area contributed by atoms with Gasteiger partial charge in [-0.2, -0.15) is 0 Å². The molecule has 0 aliphatic carbocycles. The summed E-state index contributed by atoms with van der Waals surface area (Å²) < 4.78 is 5.78. The summed E-state index contributed by atoms with van der Waals surface area (Å²) >= 11 is 0. The van der Waals surface area contributed by atoms with Gasteiger partial charge in [-0.3, -0.25) is 4.79 Å². The summed E-state index contributed by atoms with van der Waals surface area (Å²) in [5.74, 6) is 0.621. The van der Waals surface area contributed by atoms with Crippen molar-refractivity contribution in [2.24, 2.45) is 5.92 Å². The van der Waals surface area contributed by atoms with E-state index in [-0.39, 0.29) is 24.5 Å². The average Bonchev–Trinajstić information content (AvgIpc) is 2.95. The van der Waals surface area contributed by atoms with Crippen LogP contribution in [0.5, 0.6) is 5.75 Å². The number of aliphatic hydroxyl groups excluding tert-OH is 1. The molecule has 3 atom stereocenters. The van der Waals surface area contributed by atoms with Gasteiger partial charge in [0.15, 0.2) is 6.10 Å². The molecule has 96 valence electrons. The molecule has 2 aliphatic rings. The number of fused-ring (bicyclic) bond motifs is 1. The fraction of sp³-hybridized carbons (Fsp3) is 0.500. The number of amides is 1. The van der Waals surface area contributed by atoms with Gasteiger partial charge in [0.1, 0.15) is 5.75 Å². The maximum atomic E-state index is 12.3. The molecule has 2 fully saturated rings. The molecule has 2 aliphatic heterocycles. The van der Waals surface area contributed by atoms with E-state index in [0.717, 1.165) is 19.4 Å². The molecule has 0 radical (unpaired) electrons. The number of nitrogens with zero attached hydrogens (tertiary/aromatic N) is 1. The third-order valence-electron chi connectivity index (χ3n) is 3.93. The second-order valence-corrected chi connectivity index (χ2v) is 4.94. The van der Waals surface area contributed by atoms with Gasteiger partial charge in [0.25, 0.3) is 5.91 Å². The predicted octanol–water partition coefficient (Wildman–Crippen LogP) is 1.05. The Morgan fingerprint density at radius 1 is 1.33 bits per heavy atom. The van der Waals surface area contributed by atoms with Crippen molar-refractivity contribution in [1.29, 1.82) is 0 Å². The number of ether oxygens (including phenoxy) is 1. The highest BCUT2D eigenvalue weighted by atomic mass is 16.5. The Morgan fingerprint density at radius 2 is 2.11 bits per heavy atom. The Kier molecular flexibility index (Phi) is 2.96. The Balaban J connectivity index is 1.81. The number of hydrogen-bond acceptors (Lipinski definition) is 3. The minimum absolute atomic E-state index is 0.00437. The zero-order valence-corrected chi connectivity index (χ0v) is 10.2. The van der Waals surface area contributed by atoms with E-state index in [0.29, 0.717) is 5.75 Å². The maximum Gasteiger partial charge on any atom is 0.264 e. The molecular formula is C14H17NO3. The molecule has 1 aromatic rings. The number of hydrogen-bond donors (Lipinski definition) is 1. The quantitative estimate of drug-likeness (QED) is 0.868. The van der Waals surface area contributed by atoms with Crippen LogP contribution >= 0.6 is 0 Å². The summed E-state index contributed by atoms with van der Waals surface area (Å²) in [6.45, 7) is 0.805. The molecule has 0 spiro atoms. The number of aliphatic hydroxyl groups is 1. The molecule has 3 rings (SSSR count). The van der Waals surface area contributed by atoms with Gasteiger partial charge in [-0.25, -0.2) is 0 Å². The van der Waals surface area contributed by atoms with Crippen molar-refractivity contribution in [2.75, 3.05) is 13.2 Å². The number of benzene rings is 1. The third-order valence-corrected chi connectivity index (χ3v) is 3.93. The van der Waals surface area contributed by atoms with E-state index in [4.69, 9.17) is 4.74 Å². The molecule has 4 nitrogen and oxygen atoms in total. The lowest BCUT2D eigenvalue weighted by Gasteiger charge is -2.20. The largest absolute Gasteiger partial charge is 0.480 e. The molecule has 18 heavy (non-hydrogen) atoms. The topological polar surface area (TPSA) is 49.8 Å². The van der Waals surface area contributed by atoms with Crippen LogP contribution in [0.25, 0.3) is 0 Å². The second-order valence-electron chi connectivity index (χ2n) is 4.94. The second kappa shape index (κ2) is 4.61. The maximum absolute atomic E-state index is 12.3. The highest BCUT2D eigenvalue weighted by Gasteiger charge is 2.50. The lowest BCUT2D eigenvalue weighted by Crippen LogP contribution is -2.34. The van der Waals surface area contributed by atoms with E-state index in [9.17, 15) is 9.90 Å². The van der Waals surface area contributed by atoms with Crippen LogP contribution in [0, 0.1) is 5.92 Å².